The normalized spacial score (nSPS) is 19.3. The summed E-state index contributed by atoms with van der Waals surface area (Å²) in [5.41, 5.74) is 0.430. The Morgan fingerprint density at radius 3 is 2.29 bits per heavy atom. The molecule has 1 aromatic rings. The number of esters is 1. The van der Waals surface area contributed by atoms with Gasteiger partial charge in [0.2, 0.25) is 0 Å². The summed E-state index contributed by atoms with van der Waals surface area (Å²) in [6.07, 6.45) is 4.36. The maximum atomic E-state index is 13.0. The molecule has 0 radical (unpaired) electrons. The summed E-state index contributed by atoms with van der Waals surface area (Å²) < 4.78 is 18.4. The Balaban J connectivity index is 1.44. The second-order valence-corrected chi connectivity index (χ2v) is 7.64. The van der Waals surface area contributed by atoms with Gasteiger partial charge in [-0.15, -0.1) is 0 Å². The number of nitrogens with one attached hydrogen (secondary N) is 1. The molecule has 1 aliphatic carbocycles. The van der Waals surface area contributed by atoms with Crippen molar-refractivity contribution in [2.75, 3.05) is 13.1 Å². The smallest absolute Gasteiger partial charge is 0.309 e. The van der Waals surface area contributed by atoms with E-state index in [-0.39, 0.29) is 35.6 Å². The highest BCUT2D eigenvalue weighted by Crippen LogP contribution is 2.22. The van der Waals surface area contributed by atoms with E-state index in [4.69, 9.17) is 4.74 Å². The molecule has 1 N–H and O–H groups in total. The van der Waals surface area contributed by atoms with Crippen LogP contribution in [0.2, 0.25) is 0 Å². The molecule has 7 heteroatoms. The van der Waals surface area contributed by atoms with Crippen LogP contribution in [0.4, 0.5) is 4.39 Å². The molecule has 0 spiro atoms. The van der Waals surface area contributed by atoms with Crippen LogP contribution in [0.5, 0.6) is 0 Å². The van der Waals surface area contributed by atoms with Crippen LogP contribution in [-0.4, -0.2) is 47.9 Å². The number of likely N-dealkylation sites (tertiary alicyclic amines) is 1. The maximum absolute atomic E-state index is 13.0. The van der Waals surface area contributed by atoms with Crippen LogP contribution in [0.1, 0.15) is 55.8 Å². The van der Waals surface area contributed by atoms with Gasteiger partial charge in [-0.1, -0.05) is 12.8 Å². The Morgan fingerprint density at radius 2 is 1.68 bits per heavy atom. The van der Waals surface area contributed by atoms with Crippen LogP contribution in [0.3, 0.4) is 0 Å². The number of halogens is 1. The Bertz CT molecular complexity index is 708. The largest absolute Gasteiger partial charge is 0.452 e. The molecule has 1 atom stereocenters. The third kappa shape index (κ3) is 5.09. The Morgan fingerprint density at radius 1 is 1.07 bits per heavy atom. The molecule has 28 heavy (non-hydrogen) atoms. The van der Waals surface area contributed by atoms with Gasteiger partial charge in [0, 0.05) is 24.7 Å². The lowest BCUT2D eigenvalue weighted by Crippen LogP contribution is -2.44. The minimum Gasteiger partial charge on any atom is -0.452 e. The molecule has 0 unspecified atom stereocenters. The highest BCUT2D eigenvalue weighted by atomic mass is 19.1. The average Bonchev–Trinajstić information content (AvgIpc) is 3.21. The fourth-order valence-electron chi connectivity index (χ4n) is 3.81. The highest BCUT2D eigenvalue weighted by molar-refractivity contribution is 5.94. The van der Waals surface area contributed by atoms with E-state index in [9.17, 15) is 18.8 Å². The van der Waals surface area contributed by atoms with Crippen molar-refractivity contribution >= 4 is 17.8 Å². The van der Waals surface area contributed by atoms with Gasteiger partial charge in [-0.3, -0.25) is 14.4 Å². The van der Waals surface area contributed by atoms with Crippen LogP contribution < -0.4 is 5.32 Å². The molecule has 2 amide bonds. The van der Waals surface area contributed by atoms with E-state index in [0.29, 0.717) is 31.5 Å². The summed E-state index contributed by atoms with van der Waals surface area (Å²) in [5, 5.41) is 2.94. The monoisotopic (exact) mass is 390 g/mol. The standard InChI is InChI=1S/C21H27FN2O4/c1-14(19(25)23-18-4-2-3-5-18)28-21(27)16-10-12-24(13-11-16)20(26)15-6-8-17(22)9-7-15/h6-9,14,16,18H,2-5,10-13H2,1H3,(H,23,25)/t14-/m0/s1. The van der Waals surface area contributed by atoms with Crippen LogP contribution >= 0.6 is 0 Å². The van der Waals surface area contributed by atoms with Crippen molar-refractivity contribution in [1.29, 1.82) is 0 Å². The fourth-order valence-corrected chi connectivity index (χ4v) is 3.81. The molecule has 6 nitrogen and oxygen atoms in total. The van der Waals surface area contributed by atoms with E-state index in [1.54, 1.807) is 11.8 Å². The number of carbonyl (C=O) groups excluding carboxylic acids is 3. The number of nitrogens with zero attached hydrogens (tertiary/aromatic N) is 1. The Labute approximate surface area is 164 Å². The maximum Gasteiger partial charge on any atom is 0.309 e. The number of amides is 2. The number of carbonyl (C=O) groups is 3. The third-order valence-corrected chi connectivity index (χ3v) is 5.57. The van der Waals surface area contributed by atoms with Gasteiger partial charge in [0.25, 0.3) is 11.8 Å². The van der Waals surface area contributed by atoms with Gasteiger partial charge in [0.1, 0.15) is 5.82 Å². The number of piperidine rings is 1. The van der Waals surface area contributed by atoms with E-state index in [1.165, 1.54) is 24.3 Å². The van der Waals surface area contributed by atoms with Gasteiger partial charge < -0.3 is 15.0 Å². The van der Waals surface area contributed by atoms with Crippen molar-refractivity contribution in [1.82, 2.24) is 10.2 Å². The van der Waals surface area contributed by atoms with Crippen molar-refractivity contribution in [3.05, 3.63) is 35.6 Å². The van der Waals surface area contributed by atoms with E-state index in [1.807, 2.05) is 0 Å². The molecule has 0 aromatic heterocycles. The first-order chi connectivity index (χ1) is 13.4. The predicted molar refractivity (Wildman–Crippen MR) is 101 cm³/mol. The van der Waals surface area contributed by atoms with E-state index < -0.39 is 6.10 Å². The first kappa shape index (κ1) is 20.3. The van der Waals surface area contributed by atoms with E-state index >= 15 is 0 Å². The molecular formula is C21H27FN2O4. The number of hydrogen-bond acceptors (Lipinski definition) is 4. The molecule has 2 aliphatic rings. The third-order valence-electron chi connectivity index (χ3n) is 5.57. The predicted octanol–water partition coefficient (Wildman–Crippen LogP) is 2.67. The van der Waals surface area contributed by atoms with Crippen molar-refractivity contribution in [2.24, 2.45) is 5.92 Å². The lowest BCUT2D eigenvalue weighted by atomic mass is 9.96. The number of rotatable bonds is 5. The summed E-state index contributed by atoms with van der Waals surface area (Å²) in [6.45, 7) is 2.45. The Hall–Kier alpha value is -2.44. The van der Waals surface area contributed by atoms with Crippen molar-refractivity contribution in [3.63, 3.8) is 0 Å². The molecule has 1 saturated carbocycles. The minimum atomic E-state index is -0.813. The minimum absolute atomic E-state index is 0.170. The summed E-state index contributed by atoms with van der Waals surface area (Å²) >= 11 is 0. The second kappa shape index (κ2) is 9.17. The van der Waals surface area contributed by atoms with Gasteiger partial charge in [-0.25, -0.2) is 4.39 Å². The van der Waals surface area contributed by atoms with E-state index in [2.05, 4.69) is 5.32 Å². The fraction of sp³-hybridized carbons (Fsp3) is 0.571. The quantitative estimate of drug-likeness (QED) is 0.785. The molecule has 2 fully saturated rings. The summed E-state index contributed by atoms with van der Waals surface area (Å²) in [5.74, 6) is -1.51. The Kier molecular flexibility index (Phi) is 6.65. The molecule has 3 rings (SSSR count). The van der Waals surface area contributed by atoms with Crippen LogP contribution in [-0.2, 0) is 14.3 Å². The molecule has 1 saturated heterocycles. The first-order valence-corrected chi connectivity index (χ1v) is 9.99. The second-order valence-electron chi connectivity index (χ2n) is 7.64. The van der Waals surface area contributed by atoms with Gasteiger partial charge in [0.05, 0.1) is 5.92 Å². The zero-order valence-corrected chi connectivity index (χ0v) is 16.2. The molecule has 1 aliphatic heterocycles. The molecular weight excluding hydrogens is 363 g/mol. The molecule has 1 heterocycles. The summed E-state index contributed by atoms with van der Waals surface area (Å²) in [4.78, 5) is 38.7. The number of ether oxygens (including phenoxy) is 1. The summed E-state index contributed by atoms with van der Waals surface area (Å²) in [7, 11) is 0. The zero-order chi connectivity index (χ0) is 20.1. The van der Waals surface area contributed by atoms with Crippen molar-refractivity contribution in [2.45, 2.75) is 57.6 Å². The topological polar surface area (TPSA) is 75.7 Å². The van der Waals surface area contributed by atoms with Crippen LogP contribution in [0, 0.1) is 11.7 Å². The number of hydrogen-bond donors (Lipinski definition) is 1. The van der Waals surface area contributed by atoms with Gasteiger partial charge in [-0.2, -0.15) is 0 Å². The van der Waals surface area contributed by atoms with Crippen molar-refractivity contribution in [3.8, 4) is 0 Å². The van der Waals surface area contributed by atoms with Crippen LogP contribution in [0.15, 0.2) is 24.3 Å². The molecule has 0 bridgehead atoms. The average molecular weight is 390 g/mol. The van der Waals surface area contributed by atoms with Crippen molar-refractivity contribution < 1.29 is 23.5 Å². The van der Waals surface area contributed by atoms with Gasteiger partial charge >= 0.3 is 5.97 Å². The summed E-state index contributed by atoms with van der Waals surface area (Å²) in [6, 6.07) is 5.63. The highest BCUT2D eigenvalue weighted by Gasteiger charge is 2.31. The van der Waals surface area contributed by atoms with Crippen LogP contribution in [0.25, 0.3) is 0 Å². The SMILES string of the molecule is C[C@H](OC(=O)C1CCN(C(=O)c2ccc(F)cc2)CC1)C(=O)NC1CCCC1. The zero-order valence-electron chi connectivity index (χ0n) is 16.2. The van der Waals surface area contributed by atoms with Gasteiger partial charge in [0.15, 0.2) is 6.10 Å². The molecule has 152 valence electrons. The first-order valence-electron chi connectivity index (χ1n) is 9.99. The van der Waals surface area contributed by atoms with E-state index in [0.717, 1.165) is 25.7 Å². The lowest BCUT2D eigenvalue weighted by Gasteiger charge is -2.31. The number of benzene rings is 1. The lowest BCUT2D eigenvalue weighted by molar-refractivity contribution is -0.160. The van der Waals surface area contributed by atoms with Gasteiger partial charge in [-0.05, 0) is 56.9 Å². The molecule has 1 aromatic carbocycles.